The van der Waals surface area contributed by atoms with Crippen molar-refractivity contribution in [2.24, 2.45) is 5.92 Å². The monoisotopic (exact) mass is 334 g/mol. The first-order valence-electron chi connectivity index (χ1n) is 8.92. The second-order valence-corrected chi connectivity index (χ2v) is 6.58. The number of esters is 2. The summed E-state index contributed by atoms with van der Waals surface area (Å²) in [5, 5.41) is 0. The first kappa shape index (κ1) is 20.2. The van der Waals surface area contributed by atoms with Crippen LogP contribution in [0.5, 0.6) is 0 Å². The molecule has 0 radical (unpaired) electrons. The third-order valence-corrected chi connectivity index (χ3v) is 3.80. The quantitative estimate of drug-likeness (QED) is 0.445. The van der Waals surface area contributed by atoms with Crippen molar-refractivity contribution < 1.29 is 19.1 Å². The van der Waals surface area contributed by atoms with E-state index in [9.17, 15) is 9.59 Å². The van der Waals surface area contributed by atoms with Crippen LogP contribution in [0.15, 0.2) is 24.3 Å². The summed E-state index contributed by atoms with van der Waals surface area (Å²) in [5.74, 6) is -0.287. The molecule has 134 valence electrons. The largest absolute Gasteiger partial charge is 0.462 e. The Bertz CT molecular complexity index is 522. The smallest absolute Gasteiger partial charge is 0.339 e. The number of unbranched alkanes of at least 4 members (excludes halogenated alkanes) is 1. The Morgan fingerprint density at radius 3 is 2.17 bits per heavy atom. The van der Waals surface area contributed by atoms with Crippen LogP contribution >= 0.6 is 0 Å². The van der Waals surface area contributed by atoms with Gasteiger partial charge in [-0.25, -0.2) is 9.59 Å². The lowest BCUT2D eigenvalue weighted by atomic mass is 10.0. The summed E-state index contributed by atoms with van der Waals surface area (Å²) < 4.78 is 10.7. The lowest BCUT2D eigenvalue weighted by Gasteiger charge is -2.15. The molecule has 24 heavy (non-hydrogen) atoms. The molecule has 0 heterocycles. The van der Waals surface area contributed by atoms with Gasteiger partial charge in [0.25, 0.3) is 0 Å². The molecule has 0 saturated heterocycles. The molecule has 0 aromatic heterocycles. The summed E-state index contributed by atoms with van der Waals surface area (Å²) in [6.45, 7) is 8.64. The summed E-state index contributed by atoms with van der Waals surface area (Å²) in [5.41, 5.74) is 0.544. The average molecular weight is 334 g/mol. The zero-order valence-corrected chi connectivity index (χ0v) is 15.3. The van der Waals surface area contributed by atoms with Crippen LogP contribution in [-0.4, -0.2) is 24.6 Å². The molecule has 4 nitrogen and oxygen atoms in total. The molecule has 0 fully saturated rings. The van der Waals surface area contributed by atoms with Crippen LogP contribution in [0.4, 0.5) is 0 Å². The molecule has 1 aromatic rings. The summed E-state index contributed by atoms with van der Waals surface area (Å²) >= 11 is 0. The predicted molar refractivity (Wildman–Crippen MR) is 95.2 cm³/mol. The van der Waals surface area contributed by atoms with E-state index in [0.717, 1.165) is 32.1 Å². The molecule has 0 N–H and O–H groups in total. The molecule has 1 atom stereocenters. The van der Waals surface area contributed by atoms with E-state index in [2.05, 4.69) is 13.8 Å². The molecule has 1 rings (SSSR count). The number of hydrogen-bond donors (Lipinski definition) is 0. The van der Waals surface area contributed by atoms with Gasteiger partial charge in [-0.15, -0.1) is 0 Å². The normalized spacial score (nSPS) is 12.0. The van der Waals surface area contributed by atoms with Gasteiger partial charge in [0.15, 0.2) is 0 Å². The van der Waals surface area contributed by atoms with Crippen molar-refractivity contribution in [3.63, 3.8) is 0 Å². The maximum Gasteiger partial charge on any atom is 0.339 e. The number of carbonyl (C=O) groups is 2. The van der Waals surface area contributed by atoms with E-state index in [1.54, 1.807) is 24.3 Å². The first-order chi connectivity index (χ1) is 11.5. The lowest BCUT2D eigenvalue weighted by Crippen LogP contribution is -2.19. The van der Waals surface area contributed by atoms with Crippen LogP contribution in [0.1, 0.15) is 80.5 Å². The Kier molecular flexibility index (Phi) is 9.13. The standard InChI is InChI=1S/C20H30O4/c1-5-6-14-23-19(21)17-12-7-8-13-18(17)20(22)24-16(4)11-9-10-15(2)3/h7-8,12-13,15-16H,5-6,9-11,14H2,1-4H3. The van der Waals surface area contributed by atoms with E-state index >= 15 is 0 Å². The molecule has 0 aliphatic heterocycles. The van der Waals surface area contributed by atoms with Gasteiger partial charge in [-0.2, -0.15) is 0 Å². The third kappa shape index (κ3) is 7.16. The molecule has 0 bridgehead atoms. The number of carbonyl (C=O) groups excluding carboxylic acids is 2. The topological polar surface area (TPSA) is 52.6 Å². The summed E-state index contributed by atoms with van der Waals surface area (Å²) in [4.78, 5) is 24.5. The predicted octanol–water partition coefficient (Wildman–Crippen LogP) is 5.02. The van der Waals surface area contributed by atoms with Crippen molar-refractivity contribution in [3.05, 3.63) is 35.4 Å². The van der Waals surface area contributed by atoms with Crippen LogP contribution in [0, 0.1) is 5.92 Å². The van der Waals surface area contributed by atoms with Crippen molar-refractivity contribution >= 4 is 11.9 Å². The van der Waals surface area contributed by atoms with E-state index in [1.165, 1.54) is 0 Å². The fourth-order valence-corrected chi connectivity index (χ4v) is 2.34. The van der Waals surface area contributed by atoms with E-state index in [0.29, 0.717) is 12.5 Å². The lowest BCUT2D eigenvalue weighted by molar-refractivity contribution is 0.0306. The Balaban J connectivity index is 2.65. The highest BCUT2D eigenvalue weighted by molar-refractivity contribution is 6.03. The van der Waals surface area contributed by atoms with Gasteiger partial charge in [0.1, 0.15) is 0 Å². The van der Waals surface area contributed by atoms with Crippen LogP contribution in [0.2, 0.25) is 0 Å². The summed E-state index contributed by atoms with van der Waals surface area (Å²) in [6, 6.07) is 6.66. The Morgan fingerprint density at radius 2 is 1.58 bits per heavy atom. The van der Waals surface area contributed by atoms with Crippen molar-refractivity contribution in [3.8, 4) is 0 Å². The van der Waals surface area contributed by atoms with Crippen LogP contribution < -0.4 is 0 Å². The van der Waals surface area contributed by atoms with Crippen molar-refractivity contribution in [1.29, 1.82) is 0 Å². The van der Waals surface area contributed by atoms with Gasteiger partial charge < -0.3 is 9.47 Å². The highest BCUT2D eigenvalue weighted by Crippen LogP contribution is 2.16. The van der Waals surface area contributed by atoms with Gasteiger partial charge in [0.2, 0.25) is 0 Å². The first-order valence-corrected chi connectivity index (χ1v) is 8.92. The van der Waals surface area contributed by atoms with Gasteiger partial charge in [-0.1, -0.05) is 45.7 Å². The molecule has 0 saturated carbocycles. The fraction of sp³-hybridized carbons (Fsp3) is 0.600. The zero-order chi connectivity index (χ0) is 17.9. The number of ether oxygens (including phenoxy) is 2. The van der Waals surface area contributed by atoms with E-state index in [1.807, 2.05) is 13.8 Å². The Labute approximate surface area is 145 Å². The molecule has 1 aromatic carbocycles. The van der Waals surface area contributed by atoms with E-state index < -0.39 is 11.9 Å². The van der Waals surface area contributed by atoms with Crippen molar-refractivity contribution in [2.75, 3.05) is 6.61 Å². The minimum atomic E-state index is -0.469. The molecule has 0 aliphatic rings. The molecule has 1 unspecified atom stereocenters. The summed E-state index contributed by atoms with van der Waals surface area (Å²) in [7, 11) is 0. The van der Waals surface area contributed by atoms with Gasteiger partial charge in [-0.3, -0.25) is 0 Å². The van der Waals surface area contributed by atoms with Crippen LogP contribution in [-0.2, 0) is 9.47 Å². The van der Waals surface area contributed by atoms with E-state index in [4.69, 9.17) is 9.47 Å². The minimum absolute atomic E-state index is 0.166. The highest BCUT2D eigenvalue weighted by atomic mass is 16.5. The molecule has 0 aliphatic carbocycles. The second-order valence-electron chi connectivity index (χ2n) is 6.58. The van der Waals surface area contributed by atoms with Crippen LogP contribution in [0.25, 0.3) is 0 Å². The van der Waals surface area contributed by atoms with Crippen LogP contribution in [0.3, 0.4) is 0 Å². The maximum absolute atomic E-state index is 12.4. The molecular formula is C20H30O4. The number of benzene rings is 1. The zero-order valence-electron chi connectivity index (χ0n) is 15.3. The van der Waals surface area contributed by atoms with Gasteiger partial charge in [-0.05, 0) is 44.2 Å². The minimum Gasteiger partial charge on any atom is -0.462 e. The number of hydrogen-bond acceptors (Lipinski definition) is 4. The van der Waals surface area contributed by atoms with Crippen molar-refractivity contribution in [1.82, 2.24) is 0 Å². The Hall–Kier alpha value is -1.84. The number of rotatable bonds is 10. The SMILES string of the molecule is CCCCOC(=O)c1ccccc1C(=O)OC(C)CCCC(C)C. The highest BCUT2D eigenvalue weighted by Gasteiger charge is 2.20. The van der Waals surface area contributed by atoms with Gasteiger partial charge in [0.05, 0.1) is 23.8 Å². The molecule has 4 heteroatoms. The fourth-order valence-electron chi connectivity index (χ4n) is 2.34. The molecular weight excluding hydrogens is 304 g/mol. The van der Waals surface area contributed by atoms with E-state index in [-0.39, 0.29) is 17.2 Å². The molecule has 0 amide bonds. The van der Waals surface area contributed by atoms with Gasteiger partial charge in [0, 0.05) is 0 Å². The molecule has 0 spiro atoms. The summed E-state index contributed by atoms with van der Waals surface area (Å²) in [6.07, 6.45) is 4.55. The second kappa shape index (κ2) is 10.8. The van der Waals surface area contributed by atoms with Gasteiger partial charge >= 0.3 is 11.9 Å². The average Bonchev–Trinajstić information content (AvgIpc) is 2.54. The third-order valence-electron chi connectivity index (χ3n) is 3.80. The van der Waals surface area contributed by atoms with Crippen molar-refractivity contribution in [2.45, 2.75) is 65.9 Å². The maximum atomic E-state index is 12.4. The Morgan fingerprint density at radius 1 is 0.958 bits per heavy atom.